The first kappa shape index (κ1) is 16.0. The van der Waals surface area contributed by atoms with Gasteiger partial charge >= 0.3 is 0 Å². The largest absolute Gasteiger partial charge is 0.484 e. The van der Waals surface area contributed by atoms with Crippen molar-refractivity contribution in [3.05, 3.63) is 63.9 Å². The lowest BCUT2D eigenvalue weighted by atomic mass is 10.00. The molecule has 2 atom stereocenters. The van der Waals surface area contributed by atoms with Gasteiger partial charge in [-0.2, -0.15) is 0 Å². The monoisotopic (exact) mass is 351 g/mol. The van der Waals surface area contributed by atoms with Gasteiger partial charge in [-0.25, -0.2) is 4.39 Å². The lowest BCUT2D eigenvalue weighted by Crippen LogP contribution is -2.31. The van der Waals surface area contributed by atoms with E-state index in [2.05, 4.69) is 15.9 Å². The zero-order chi connectivity index (χ0) is 15.4. The van der Waals surface area contributed by atoms with Gasteiger partial charge in [0.25, 0.3) is 0 Å². The maximum absolute atomic E-state index is 13.6. The average Bonchev–Trinajstić information content (AvgIpc) is 2.48. The summed E-state index contributed by atoms with van der Waals surface area (Å²) < 4.78 is 20.0. The first-order valence-corrected chi connectivity index (χ1v) is 7.74. The van der Waals surface area contributed by atoms with Gasteiger partial charge in [-0.05, 0) is 47.0 Å². The Hall–Kier alpha value is -1.39. The topological polar surface area (TPSA) is 35.2 Å². The summed E-state index contributed by atoms with van der Waals surface area (Å²) in [6.07, 6.45) is 0.480. The first-order valence-electron chi connectivity index (χ1n) is 6.95. The molecule has 2 aromatic rings. The molecule has 0 radical (unpaired) electrons. The molecule has 2 nitrogen and oxygen atoms in total. The highest BCUT2D eigenvalue weighted by molar-refractivity contribution is 9.10. The Kier molecular flexibility index (Phi) is 5.37. The Bertz CT molecular complexity index is 600. The SMILES string of the molecule is CCC(N)C(Oc1ccc(Br)c(F)c1)c1ccc(C)cc1. The fraction of sp³-hybridized carbons (Fsp3) is 0.294. The summed E-state index contributed by atoms with van der Waals surface area (Å²) in [5.41, 5.74) is 8.35. The Morgan fingerprint density at radius 3 is 2.43 bits per heavy atom. The van der Waals surface area contributed by atoms with Gasteiger partial charge in [0.1, 0.15) is 17.7 Å². The number of nitrogens with two attached hydrogens (primary N) is 1. The van der Waals surface area contributed by atoms with Crippen LogP contribution < -0.4 is 10.5 Å². The summed E-state index contributed by atoms with van der Waals surface area (Å²) in [6, 6.07) is 12.6. The second-order valence-electron chi connectivity index (χ2n) is 5.10. The lowest BCUT2D eigenvalue weighted by molar-refractivity contribution is 0.170. The van der Waals surface area contributed by atoms with Gasteiger partial charge in [0.05, 0.1) is 4.47 Å². The second-order valence-corrected chi connectivity index (χ2v) is 5.95. The number of ether oxygens (including phenoxy) is 1. The Morgan fingerprint density at radius 1 is 1.19 bits per heavy atom. The molecule has 0 fully saturated rings. The van der Waals surface area contributed by atoms with Crippen LogP contribution in [0.3, 0.4) is 0 Å². The van der Waals surface area contributed by atoms with Crippen molar-refractivity contribution in [2.45, 2.75) is 32.4 Å². The molecule has 0 spiro atoms. The van der Waals surface area contributed by atoms with Crippen LogP contribution in [0.5, 0.6) is 5.75 Å². The van der Waals surface area contributed by atoms with E-state index in [-0.39, 0.29) is 18.0 Å². The minimum atomic E-state index is -0.347. The quantitative estimate of drug-likeness (QED) is 0.843. The van der Waals surface area contributed by atoms with E-state index in [0.29, 0.717) is 10.2 Å². The van der Waals surface area contributed by atoms with Crippen molar-refractivity contribution in [1.29, 1.82) is 0 Å². The summed E-state index contributed by atoms with van der Waals surface area (Å²) in [5, 5.41) is 0. The van der Waals surface area contributed by atoms with Crippen molar-refractivity contribution < 1.29 is 9.13 Å². The third-order valence-corrected chi connectivity index (χ3v) is 4.06. The van der Waals surface area contributed by atoms with Gasteiger partial charge in [-0.3, -0.25) is 0 Å². The van der Waals surface area contributed by atoms with Crippen LogP contribution in [-0.2, 0) is 0 Å². The summed E-state index contributed by atoms with van der Waals surface area (Å²) in [5.74, 6) is 0.130. The van der Waals surface area contributed by atoms with E-state index < -0.39 is 0 Å². The highest BCUT2D eigenvalue weighted by atomic mass is 79.9. The minimum Gasteiger partial charge on any atom is -0.484 e. The number of rotatable bonds is 5. The number of hydrogen-bond donors (Lipinski definition) is 1. The summed E-state index contributed by atoms with van der Waals surface area (Å²) in [6.45, 7) is 4.04. The van der Waals surface area contributed by atoms with Crippen LogP contribution in [0.15, 0.2) is 46.9 Å². The Morgan fingerprint density at radius 2 is 1.86 bits per heavy atom. The zero-order valence-corrected chi connectivity index (χ0v) is 13.7. The van der Waals surface area contributed by atoms with Gasteiger partial charge in [0.15, 0.2) is 0 Å². The summed E-state index contributed by atoms with van der Waals surface area (Å²) in [4.78, 5) is 0. The molecule has 4 heteroatoms. The predicted octanol–water partition coefficient (Wildman–Crippen LogP) is 4.75. The van der Waals surface area contributed by atoms with Crippen molar-refractivity contribution in [1.82, 2.24) is 0 Å². The van der Waals surface area contributed by atoms with Crippen molar-refractivity contribution >= 4 is 15.9 Å². The molecule has 2 rings (SSSR count). The molecule has 112 valence electrons. The maximum atomic E-state index is 13.6. The van der Waals surface area contributed by atoms with Crippen LogP contribution in [0.4, 0.5) is 4.39 Å². The average molecular weight is 352 g/mol. The maximum Gasteiger partial charge on any atom is 0.141 e. The Labute approximate surface area is 133 Å². The van der Waals surface area contributed by atoms with Gasteiger partial charge in [0, 0.05) is 12.1 Å². The molecule has 0 aliphatic rings. The molecular formula is C17H19BrFNO. The van der Waals surface area contributed by atoms with Crippen molar-refractivity contribution in [2.75, 3.05) is 0 Å². The molecular weight excluding hydrogens is 333 g/mol. The van der Waals surface area contributed by atoms with Gasteiger partial charge in [0.2, 0.25) is 0 Å². The normalized spacial score (nSPS) is 13.8. The zero-order valence-electron chi connectivity index (χ0n) is 12.1. The number of hydrogen-bond acceptors (Lipinski definition) is 2. The fourth-order valence-electron chi connectivity index (χ4n) is 2.07. The predicted molar refractivity (Wildman–Crippen MR) is 86.9 cm³/mol. The van der Waals surface area contributed by atoms with Crippen LogP contribution in [0.25, 0.3) is 0 Å². The summed E-state index contributed by atoms with van der Waals surface area (Å²) >= 11 is 3.14. The van der Waals surface area contributed by atoms with Gasteiger partial charge in [-0.1, -0.05) is 36.8 Å². The van der Waals surface area contributed by atoms with E-state index in [1.54, 1.807) is 12.1 Å². The molecule has 0 heterocycles. The van der Waals surface area contributed by atoms with Gasteiger partial charge in [-0.15, -0.1) is 0 Å². The smallest absolute Gasteiger partial charge is 0.141 e. The van der Waals surface area contributed by atoms with Crippen molar-refractivity contribution in [3.63, 3.8) is 0 Å². The third kappa shape index (κ3) is 4.05. The molecule has 0 saturated heterocycles. The number of aryl methyl sites for hydroxylation is 1. The minimum absolute atomic E-state index is 0.153. The molecule has 2 aromatic carbocycles. The third-order valence-electron chi connectivity index (χ3n) is 3.42. The second kappa shape index (κ2) is 7.05. The van der Waals surface area contributed by atoms with Crippen LogP contribution in [-0.4, -0.2) is 6.04 Å². The van der Waals surface area contributed by atoms with Crippen molar-refractivity contribution in [3.8, 4) is 5.75 Å². The standard InChI is InChI=1S/C17H19BrFNO/c1-3-16(20)17(12-6-4-11(2)5-7-12)21-13-8-9-14(18)15(19)10-13/h4-10,16-17H,3,20H2,1-2H3. The lowest BCUT2D eigenvalue weighted by Gasteiger charge is -2.25. The van der Waals surface area contributed by atoms with Gasteiger partial charge < -0.3 is 10.5 Å². The molecule has 0 aromatic heterocycles. The van der Waals surface area contributed by atoms with E-state index in [1.807, 2.05) is 38.1 Å². The molecule has 0 saturated carbocycles. The van der Waals surface area contributed by atoms with Crippen LogP contribution in [0.1, 0.15) is 30.6 Å². The molecule has 2 N–H and O–H groups in total. The molecule has 0 aliphatic heterocycles. The first-order chi connectivity index (χ1) is 10.0. The molecule has 0 amide bonds. The highest BCUT2D eigenvalue weighted by Gasteiger charge is 2.21. The van der Waals surface area contributed by atoms with Crippen molar-refractivity contribution in [2.24, 2.45) is 5.73 Å². The molecule has 0 bridgehead atoms. The molecule has 2 unspecified atom stereocenters. The van der Waals surface area contributed by atoms with Crippen LogP contribution in [0.2, 0.25) is 0 Å². The van der Waals surface area contributed by atoms with E-state index in [1.165, 1.54) is 11.6 Å². The summed E-state index contributed by atoms with van der Waals surface area (Å²) in [7, 11) is 0. The van der Waals surface area contributed by atoms with Crippen LogP contribution in [0, 0.1) is 12.7 Å². The van der Waals surface area contributed by atoms with E-state index >= 15 is 0 Å². The fourth-order valence-corrected chi connectivity index (χ4v) is 2.32. The van der Waals surface area contributed by atoms with E-state index in [0.717, 1.165) is 12.0 Å². The van der Waals surface area contributed by atoms with E-state index in [9.17, 15) is 4.39 Å². The Balaban J connectivity index is 2.28. The van der Waals surface area contributed by atoms with Crippen LogP contribution >= 0.6 is 15.9 Å². The molecule has 0 aliphatic carbocycles. The molecule has 21 heavy (non-hydrogen) atoms. The van der Waals surface area contributed by atoms with E-state index in [4.69, 9.17) is 10.5 Å². The number of benzene rings is 2. The number of halogens is 2. The highest BCUT2D eigenvalue weighted by Crippen LogP contribution is 2.28.